The molecule has 32 heavy (non-hydrogen) atoms. The minimum atomic E-state index is -0.255. The number of aromatic nitrogens is 2. The number of hydrogen-bond acceptors (Lipinski definition) is 6. The van der Waals surface area contributed by atoms with E-state index in [4.69, 9.17) is 9.47 Å². The number of fused-ring (bicyclic) bond motifs is 1. The van der Waals surface area contributed by atoms with Gasteiger partial charge in [-0.3, -0.25) is 9.59 Å². The van der Waals surface area contributed by atoms with Gasteiger partial charge in [-0.1, -0.05) is 24.3 Å². The lowest BCUT2D eigenvalue weighted by Crippen LogP contribution is -2.14. The number of para-hydroxylation sites is 1. The lowest BCUT2D eigenvalue weighted by Gasteiger charge is -2.09. The van der Waals surface area contributed by atoms with Gasteiger partial charge in [0, 0.05) is 12.1 Å². The second-order valence-electron chi connectivity index (χ2n) is 7.38. The quantitative estimate of drug-likeness (QED) is 0.453. The molecule has 0 saturated carbocycles. The summed E-state index contributed by atoms with van der Waals surface area (Å²) in [4.78, 5) is 34.2. The number of H-pyrrole nitrogens is 1. The van der Waals surface area contributed by atoms with Gasteiger partial charge in [-0.2, -0.15) is 0 Å². The second kappa shape index (κ2) is 8.84. The number of anilines is 1. The van der Waals surface area contributed by atoms with Crippen LogP contribution >= 0.6 is 11.3 Å². The lowest BCUT2D eigenvalue weighted by molar-refractivity contribution is 0.103. The summed E-state index contributed by atoms with van der Waals surface area (Å²) in [7, 11) is 3.15. The van der Waals surface area contributed by atoms with Crippen molar-refractivity contribution in [2.75, 3.05) is 19.5 Å². The van der Waals surface area contributed by atoms with Gasteiger partial charge in [-0.05, 0) is 48.7 Å². The van der Waals surface area contributed by atoms with E-state index in [0.29, 0.717) is 44.4 Å². The Morgan fingerprint density at radius 1 is 1.09 bits per heavy atom. The van der Waals surface area contributed by atoms with Crippen molar-refractivity contribution in [3.8, 4) is 11.5 Å². The SMILES string of the molecule is COc1ccc(Cc2nc3sc(C(=O)Nc4ccccc4C)c(C)c3c(=O)[nH]2)cc1OC. The molecule has 2 N–H and O–H groups in total. The molecule has 0 aliphatic heterocycles. The average molecular weight is 450 g/mol. The number of aromatic amines is 1. The van der Waals surface area contributed by atoms with Crippen molar-refractivity contribution in [2.24, 2.45) is 0 Å². The largest absolute Gasteiger partial charge is 0.493 e. The number of carbonyl (C=O) groups excluding carboxylic acids is 1. The zero-order chi connectivity index (χ0) is 22.8. The number of thiophene rings is 1. The maximum absolute atomic E-state index is 12.9. The van der Waals surface area contributed by atoms with Crippen molar-refractivity contribution in [3.05, 3.63) is 80.2 Å². The summed E-state index contributed by atoms with van der Waals surface area (Å²) in [5.41, 5.74) is 2.99. The number of nitrogens with one attached hydrogen (secondary N) is 2. The summed E-state index contributed by atoms with van der Waals surface area (Å²) in [6.07, 6.45) is 0.410. The van der Waals surface area contributed by atoms with Crippen LogP contribution < -0.4 is 20.3 Å². The molecule has 0 atom stereocenters. The molecule has 4 aromatic rings. The van der Waals surface area contributed by atoms with E-state index in [1.54, 1.807) is 21.1 Å². The van der Waals surface area contributed by atoms with Crippen LogP contribution in [-0.4, -0.2) is 30.1 Å². The average Bonchev–Trinajstić information content (AvgIpc) is 3.12. The molecule has 4 rings (SSSR count). The number of amides is 1. The van der Waals surface area contributed by atoms with Gasteiger partial charge in [0.2, 0.25) is 0 Å². The fourth-order valence-electron chi connectivity index (χ4n) is 3.56. The van der Waals surface area contributed by atoms with E-state index in [9.17, 15) is 9.59 Å². The predicted octanol–water partition coefficient (Wildman–Crippen LogP) is 4.46. The zero-order valence-electron chi connectivity index (χ0n) is 18.2. The number of hydrogen-bond donors (Lipinski definition) is 2. The van der Waals surface area contributed by atoms with Crippen molar-refractivity contribution >= 4 is 33.1 Å². The molecule has 7 nitrogen and oxygen atoms in total. The molecule has 2 aromatic carbocycles. The molecule has 2 heterocycles. The number of ether oxygens (including phenoxy) is 2. The number of aryl methyl sites for hydroxylation is 2. The van der Waals surface area contributed by atoms with Crippen LogP contribution in [-0.2, 0) is 6.42 Å². The molecule has 0 spiro atoms. The van der Waals surface area contributed by atoms with Crippen LogP contribution in [0.3, 0.4) is 0 Å². The van der Waals surface area contributed by atoms with Crippen LogP contribution in [0.4, 0.5) is 5.69 Å². The van der Waals surface area contributed by atoms with Crippen molar-refractivity contribution in [2.45, 2.75) is 20.3 Å². The molecule has 0 unspecified atom stereocenters. The Hall–Kier alpha value is -3.65. The molecular formula is C24H23N3O4S. The third-order valence-corrected chi connectivity index (χ3v) is 6.45. The van der Waals surface area contributed by atoms with Gasteiger partial charge in [0.25, 0.3) is 11.5 Å². The Bertz CT molecular complexity index is 1370. The van der Waals surface area contributed by atoms with Crippen molar-refractivity contribution in [1.29, 1.82) is 0 Å². The zero-order valence-corrected chi connectivity index (χ0v) is 19.1. The number of rotatable bonds is 6. The lowest BCUT2D eigenvalue weighted by atomic mass is 10.1. The van der Waals surface area contributed by atoms with E-state index in [0.717, 1.165) is 16.8 Å². The summed E-state index contributed by atoms with van der Waals surface area (Å²) < 4.78 is 10.6. The highest BCUT2D eigenvalue weighted by molar-refractivity contribution is 7.20. The highest BCUT2D eigenvalue weighted by atomic mass is 32.1. The smallest absolute Gasteiger partial charge is 0.266 e. The molecule has 164 valence electrons. The van der Waals surface area contributed by atoms with E-state index in [-0.39, 0.29) is 11.5 Å². The Morgan fingerprint density at radius 3 is 2.56 bits per heavy atom. The van der Waals surface area contributed by atoms with E-state index in [1.165, 1.54) is 11.3 Å². The maximum atomic E-state index is 12.9. The van der Waals surface area contributed by atoms with Crippen molar-refractivity contribution in [1.82, 2.24) is 9.97 Å². The predicted molar refractivity (Wildman–Crippen MR) is 126 cm³/mol. The van der Waals surface area contributed by atoms with Crippen LogP contribution in [0, 0.1) is 13.8 Å². The van der Waals surface area contributed by atoms with Crippen molar-refractivity contribution in [3.63, 3.8) is 0 Å². The van der Waals surface area contributed by atoms with Crippen LogP contribution in [0.2, 0.25) is 0 Å². The van der Waals surface area contributed by atoms with Crippen LogP contribution in [0.15, 0.2) is 47.3 Å². The van der Waals surface area contributed by atoms with Crippen LogP contribution in [0.25, 0.3) is 10.2 Å². The monoisotopic (exact) mass is 449 g/mol. The molecule has 8 heteroatoms. The molecule has 0 aliphatic carbocycles. The van der Waals surface area contributed by atoms with E-state index in [1.807, 2.05) is 49.4 Å². The number of benzene rings is 2. The second-order valence-corrected chi connectivity index (χ2v) is 8.38. The van der Waals surface area contributed by atoms with E-state index < -0.39 is 0 Å². The summed E-state index contributed by atoms with van der Waals surface area (Å²) in [5.74, 6) is 1.50. The van der Waals surface area contributed by atoms with Crippen molar-refractivity contribution < 1.29 is 14.3 Å². The van der Waals surface area contributed by atoms with Gasteiger partial charge in [0.1, 0.15) is 10.7 Å². The van der Waals surface area contributed by atoms with Crippen LogP contribution in [0.1, 0.15) is 32.2 Å². The first-order valence-electron chi connectivity index (χ1n) is 10.0. The van der Waals surface area contributed by atoms with E-state index in [2.05, 4.69) is 15.3 Å². The molecular weight excluding hydrogens is 426 g/mol. The molecule has 2 aromatic heterocycles. The molecule has 1 amide bonds. The van der Waals surface area contributed by atoms with Gasteiger partial charge in [-0.25, -0.2) is 4.98 Å². The van der Waals surface area contributed by atoms with Gasteiger partial charge >= 0.3 is 0 Å². The minimum Gasteiger partial charge on any atom is -0.493 e. The summed E-state index contributed by atoms with van der Waals surface area (Å²) in [6, 6.07) is 13.1. The first kappa shape index (κ1) is 21.6. The highest BCUT2D eigenvalue weighted by Crippen LogP contribution is 2.30. The van der Waals surface area contributed by atoms with Gasteiger partial charge in [0.15, 0.2) is 11.5 Å². The first-order valence-corrected chi connectivity index (χ1v) is 10.8. The Kier molecular flexibility index (Phi) is 5.96. The molecule has 0 radical (unpaired) electrons. The van der Waals surface area contributed by atoms with Gasteiger partial charge < -0.3 is 19.8 Å². The summed E-state index contributed by atoms with van der Waals surface area (Å²) in [6.45, 7) is 3.70. The summed E-state index contributed by atoms with van der Waals surface area (Å²) >= 11 is 1.22. The maximum Gasteiger partial charge on any atom is 0.266 e. The fraction of sp³-hybridized carbons (Fsp3) is 0.208. The Labute approximate surface area is 189 Å². The topological polar surface area (TPSA) is 93.3 Å². The third-order valence-electron chi connectivity index (χ3n) is 5.27. The number of carbonyl (C=O) groups is 1. The minimum absolute atomic E-state index is 0.249. The molecule has 0 saturated heterocycles. The molecule has 0 bridgehead atoms. The molecule has 0 aliphatic rings. The highest BCUT2D eigenvalue weighted by Gasteiger charge is 2.20. The molecule has 0 fully saturated rings. The Morgan fingerprint density at radius 2 is 1.84 bits per heavy atom. The Balaban J connectivity index is 1.66. The third kappa shape index (κ3) is 4.09. The normalized spacial score (nSPS) is 10.9. The number of methoxy groups -OCH3 is 2. The summed E-state index contributed by atoms with van der Waals surface area (Å²) in [5, 5.41) is 3.38. The fourth-order valence-corrected chi connectivity index (χ4v) is 4.66. The number of nitrogens with zero attached hydrogens (tertiary/aromatic N) is 1. The van der Waals surface area contributed by atoms with E-state index >= 15 is 0 Å². The van der Waals surface area contributed by atoms with Gasteiger partial charge in [-0.15, -0.1) is 11.3 Å². The standard InChI is InChI=1S/C24H23N3O4S/c1-13-7-5-6-8-16(13)25-23(29)21-14(2)20-22(28)26-19(27-24(20)32-21)12-15-9-10-17(30-3)18(11-15)31-4/h5-11H,12H2,1-4H3,(H,25,29)(H,26,27,28). The van der Waals surface area contributed by atoms with Crippen LogP contribution in [0.5, 0.6) is 11.5 Å². The first-order chi connectivity index (χ1) is 15.4. The van der Waals surface area contributed by atoms with Gasteiger partial charge in [0.05, 0.1) is 24.5 Å².